The highest BCUT2D eigenvalue weighted by Crippen LogP contribution is 2.23. The Morgan fingerprint density at radius 1 is 1.29 bits per heavy atom. The van der Waals surface area contributed by atoms with Crippen molar-refractivity contribution < 1.29 is 18.3 Å². The van der Waals surface area contributed by atoms with Crippen molar-refractivity contribution in [2.75, 3.05) is 18.9 Å². The van der Waals surface area contributed by atoms with E-state index in [1.54, 1.807) is 0 Å². The van der Waals surface area contributed by atoms with E-state index in [-0.39, 0.29) is 29.0 Å². The van der Waals surface area contributed by atoms with E-state index < -0.39 is 10.0 Å². The molecule has 2 rings (SSSR count). The number of anilines is 1. The summed E-state index contributed by atoms with van der Waals surface area (Å²) in [5.74, 6) is -0.130. The number of nitrogen functional groups attached to an aromatic ring is 1. The number of ether oxygens (including phenoxy) is 1. The molecule has 0 radical (unpaired) electrons. The highest BCUT2D eigenvalue weighted by molar-refractivity contribution is 7.89. The fraction of sp³-hybridized carbons (Fsp3) is 0.571. The van der Waals surface area contributed by atoms with Gasteiger partial charge in [0.25, 0.3) is 0 Å². The Labute approximate surface area is 125 Å². The second-order valence-corrected chi connectivity index (χ2v) is 7.02. The molecule has 7 heteroatoms. The van der Waals surface area contributed by atoms with Crippen molar-refractivity contribution in [2.24, 2.45) is 0 Å². The summed E-state index contributed by atoms with van der Waals surface area (Å²) in [5.41, 5.74) is 5.54. The summed E-state index contributed by atoms with van der Waals surface area (Å²) in [5, 5.41) is 9.31. The van der Waals surface area contributed by atoms with E-state index in [2.05, 4.69) is 4.72 Å². The maximum Gasteiger partial charge on any atom is 0.240 e. The van der Waals surface area contributed by atoms with Crippen LogP contribution in [0, 0.1) is 0 Å². The monoisotopic (exact) mass is 314 g/mol. The summed E-state index contributed by atoms with van der Waals surface area (Å²) < 4.78 is 32.2. The lowest BCUT2D eigenvalue weighted by atomic mass is 9.98. The van der Waals surface area contributed by atoms with Crippen molar-refractivity contribution in [2.45, 2.75) is 43.1 Å². The summed E-state index contributed by atoms with van der Waals surface area (Å²) >= 11 is 0. The standard InChI is InChI=1S/C14H22N2O4S/c15-13-10-12(6-7-14(13)17)21(18,19)16-8-9-20-11-4-2-1-3-5-11/h6-7,10-11,16-17H,1-5,8-9,15H2. The smallest absolute Gasteiger partial charge is 0.240 e. The zero-order valence-corrected chi connectivity index (χ0v) is 12.7. The van der Waals surface area contributed by atoms with Crippen molar-refractivity contribution >= 4 is 15.7 Å². The van der Waals surface area contributed by atoms with Gasteiger partial charge in [0.1, 0.15) is 5.75 Å². The molecule has 1 aromatic rings. The van der Waals surface area contributed by atoms with Crippen LogP contribution in [0.3, 0.4) is 0 Å². The summed E-state index contributed by atoms with van der Waals surface area (Å²) in [6.07, 6.45) is 6.00. The van der Waals surface area contributed by atoms with Gasteiger partial charge in [-0.15, -0.1) is 0 Å². The molecule has 0 aromatic heterocycles. The van der Waals surface area contributed by atoms with Gasteiger partial charge in [-0.1, -0.05) is 19.3 Å². The number of nitrogens with two attached hydrogens (primary N) is 1. The molecular formula is C14H22N2O4S. The summed E-state index contributed by atoms with van der Waals surface area (Å²) in [6, 6.07) is 3.82. The molecule has 1 aliphatic rings. The third kappa shape index (κ3) is 4.59. The van der Waals surface area contributed by atoms with Crippen LogP contribution in [0.5, 0.6) is 5.75 Å². The molecular weight excluding hydrogens is 292 g/mol. The van der Waals surface area contributed by atoms with Gasteiger partial charge in [-0.05, 0) is 31.0 Å². The number of benzene rings is 1. The zero-order chi connectivity index (χ0) is 15.3. The van der Waals surface area contributed by atoms with Gasteiger partial charge in [0.2, 0.25) is 10.0 Å². The highest BCUT2D eigenvalue weighted by atomic mass is 32.2. The Bertz CT molecular complexity index is 568. The number of nitrogens with one attached hydrogen (secondary N) is 1. The molecule has 1 aliphatic carbocycles. The number of sulfonamides is 1. The lowest BCUT2D eigenvalue weighted by Gasteiger charge is -2.22. The maximum atomic E-state index is 12.0. The van der Waals surface area contributed by atoms with Crippen LogP contribution in [-0.4, -0.2) is 32.8 Å². The lowest BCUT2D eigenvalue weighted by molar-refractivity contribution is 0.0321. The Balaban J connectivity index is 1.82. The second-order valence-electron chi connectivity index (χ2n) is 5.25. The number of phenols is 1. The first-order chi connectivity index (χ1) is 9.99. The van der Waals surface area contributed by atoms with Crippen LogP contribution in [0.4, 0.5) is 5.69 Å². The van der Waals surface area contributed by atoms with Crippen LogP contribution in [0.15, 0.2) is 23.1 Å². The van der Waals surface area contributed by atoms with Crippen molar-refractivity contribution in [1.29, 1.82) is 0 Å². The molecule has 1 aromatic carbocycles. The largest absolute Gasteiger partial charge is 0.506 e. The number of aromatic hydroxyl groups is 1. The van der Waals surface area contributed by atoms with Gasteiger partial charge < -0.3 is 15.6 Å². The minimum atomic E-state index is -3.62. The van der Waals surface area contributed by atoms with Crippen LogP contribution >= 0.6 is 0 Å². The average Bonchev–Trinajstić information content (AvgIpc) is 2.47. The zero-order valence-electron chi connectivity index (χ0n) is 11.9. The third-order valence-corrected chi connectivity index (χ3v) is 5.07. The molecule has 21 heavy (non-hydrogen) atoms. The molecule has 0 amide bonds. The van der Waals surface area contributed by atoms with E-state index in [1.807, 2.05) is 0 Å². The molecule has 1 fully saturated rings. The molecule has 0 bridgehead atoms. The first kappa shape index (κ1) is 16.1. The van der Waals surface area contributed by atoms with E-state index in [1.165, 1.54) is 37.5 Å². The Kier molecular flexibility index (Phi) is 5.44. The van der Waals surface area contributed by atoms with Gasteiger partial charge >= 0.3 is 0 Å². The SMILES string of the molecule is Nc1cc(S(=O)(=O)NCCOC2CCCCC2)ccc1O. The summed E-state index contributed by atoms with van der Waals surface area (Å²) in [7, 11) is -3.62. The predicted molar refractivity (Wildman–Crippen MR) is 80.5 cm³/mol. The van der Waals surface area contributed by atoms with Crippen LogP contribution < -0.4 is 10.5 Å². The van der Waals surface area contributed by atoms with Crippen molar-refractivity contribution in [3.05, 3.63) is 18.2 Å². The molecule has 0 heterocycles. The van der Waals surface area contributed by atoms with Crippen LogP contribution in [0.2, 0.25) is 0 Å². The Hall–Kier alpha value is -1.31. The molecule has 6 nitrogen and oxygen atoms in total. The second kappa shape index (κ2) is 7.11. The van der Waals surface area contributed by atoms with Gasteiger partial charge in [0.15, 0.2) is 0 Å². The molecule has 4 N–H and O–H groups in total. The Morgan fingerprint density at radius 3 is 2.67 bits per heavy atom. The molecule has 0 unspecified atom stereocenters. The van der Waals surface area contributed by atoms with E-state index in [0.29, 0.717) is 6.61 Å². The number of hydrogen-bond donors (Lipinski definition) is 3. The van der Waals surface area contributed by atoms with E-state index in [0.717, 1.165) is 12.8 Å². The molecule has 0 spiro atoms. The van der Waals surface area contributed by atoms with E-state index in [4.69, 9.17) is 10.5 Å². The van der Waals surface area contributed by atoms with Crippen LogP contribution in [0.1, 0.15) is 32.1 Å². The van der Waals surface area contributed by atoms with Gasteiger partial charge in [-0.25, -0.2) is 13.1 Å². The predicted octanol–water partition coefficient (Wildman–Crippen LogP) is 1.60. The maximum absolute atomic E-state index is 12.0. The van der Waals surface area contributed by atoms with Crippen molar-refractivity contribution in [1.82, 2.24) is 4.72 Å². The van der Waals surface area contributed by atoms with Gasteiger partial charge in [0.05, 0.1) is 23.3 Å². The van der Waals surface area contributed by atoms with Crippen LogP contribution in [0.25, 0.3) is 0 Å². The van der Waals surface area contributed by atoms with Crippen molar-refractivity contribution in [3.63, 3.8) is 0 Å². The first-order valence-corrected chi connectivity index (χ1v) is 8.67. The Morgan fingerprint density at radius 2 is 2.00 bits per heavy atom. The minimum Gasteiger partial charge on any atom is -0.506 e. The number of rotatable bonds is 6. The topological polar surface area (TPSA) is 102 Å². The molecule has 0 aliphatic heterocycles. The lowest BCUT2D eigenvalue weighted by Crippen LogP contribution is -2.29. The fourth-order valence-corrected chi connectivity index (χ4v) is 3.46. The minimum absolute atomic E-state index is 0.0375. The van der Waals surface area contributed by atoms with Crippen LogP contribution in [-0.2, 0) is 14.8 Å². The first-order valence-electron chi connectivity index (χ1n) is 7.19. The molecule has 0 atom stereocenters. The van der Waals surface area contributed by atoms with Gasteiger partial charge in [-0.3, -0.25) is 0 Å². The van der Waals surface area contributed by atoms with Crippen molar-refractivity contribution in [3.8, 4) is 5.75 Å². The molecule has 1 saturated carbocycles. The summed E-state index contributed by atoms with van der Waals surface area (Å²) in [4.78, 5) is 0.0375. The number of phenolic OH excluding ortho intramolecular Hbond substituents is 1. The highest BCUT2D eigenvalue weighted by Gasteiger charge is 2.16. The molecule has 0 saturated heterocycles. The van der Waals surface area contributed by atoms with Gasteiger partial charge in [0, 0.05) is 6.54 Å². The quantitative estimate of drug-likeness (QED) is 0.420. The normalized spacial score (nSPS) is 17.0. The summed E-state index contributed by atoms with van der Waals surface area (Å²) in [6.45, 7) is 0.580. The number of hydrogen-bond acceptors (Lipinski definition) is 5. The van der Waals surface area contributed by atoms with E-state index in [9.17, 15) is 13.5 Å². The third-order valence-electron chi connectivity index (χ3n) is 3.61. The fourth-order valence-electron chi connectivity index (χ4n) is 2.42. The molecule has 118 valence electrons. The van der Waals surface area contributed by atoms with Gasteiger partial charge in [-0.2, -0.15) is 0 Å². The average molecular weight is 314 g/mol. The van der Waals surface area contributed by atoms with E-state index >= 15 is 0 Å².